The van der Waals surface area contributed by atoms with Crippen LogP contribution in [0.5, 0.6) is 0 Å². The van der Waals surface area contributed by atoms with Crippen LogP contribution in [0.15, 0.2) is 0 Å². The van der Waals surface area contributed by atoms with E-state index in [1.807, 2.05) is 0 Å². The lowest BCUT2D eigenvalue weighted by atomic mass is 10.3. The summed E-state index contributed by atoms with van der Waals surface area (Å²) in [6, 6.07) is 0. The number of carbonyl (C=O) groups is 4. The Kier molecular flexibility index (Phi) is 57.7. The SMILES string of the molecule is C.CC(=O)C(C)O.CC(=O)O.CC(O)C(=O)O.CC(O)C(C)O.CCO.O=CO. The maximum absolute atomic E-state index is 9.89. The predicted octanol–water partition coefficient (Wildman–Crippen LogP) is -0.418. The highest BCUT2D eigenvalue weighted by atomic mass is 16.4. The van der Waals surface area contributed by atoms with Crippen LogP contribution in [-0.2, 0) is 19.2 Å². The maximum atomic E-state index is 9.89. The molecule has 0 aliphatic heterocycles. The van der Waals surface area contributed by atoms with E-state index in [2.05, 4.69) is 0 Å². The van der Waals surface area contributed by atoms with E-state index < -0.39 is 36.4 Å². The first-order chi connectivity index (χ1) is 12.5. The molecule has 0 aliphatic rings. The van der Waals surface area contributed by atoms with Gasteiger partial charge in [0.15, 0.2) is 5.78 Å². The molecular weight excluding hydrogens is 396 g/mol. The van der Waals surface area contributed by atoms with Crippen molar-refractivity contribution in [3.05, 3.63) is 0 Å². The maximum Gasteiger partial charge on any atom is 0.332 e. The van der Waals surface area contributed by atoms with Crippen LogP contribution in [0.3, 0.4) is 0 Å². The predicted molar refractivity (Wildman–Crippen MR) is 107 cm³/mol. The summed E-state index contributed by atoms with van der Waals surface area (Å²) in [5.41, 5.74) is 0. The van der Waals surface area contributed by atoms with E-state index in [0.717, 1.165) is 6.92 Å². The Morgan fingerprint density at radius 1 is 0.828 bits per heavy atom. The van der Waals surface area contributed by atoms with Crippen LogP contribution in [0.1, 0.15) is 55.9 Å². The normalized spacial score (nSPS) is 11.7. The van der Waals surface area contributed by atoms with Gasteiger partial charge in [-0.15, -0.1) is 0 Å². The molecule has 0 aromatic carbocycles. The molecule has 12 nitrogen and oxygen atoms in total. The average Bonchev–Trinajstić information content (AvgIpc) is 2.49. The molecule has 0 saturated heterocycles. The van der Waals surface area contributed by atoms with Gasteiger partial charge in [-0.05, 0) is 41.5 Å². The lowest BCUT2D eigenvalue weighted by Gasteiger charge is -2.03. The second-order valence-electron chi connectivity index (χ2n) is 4.72. The number of hydrogen-bond acceptors (Lipinski definition) is 9. The van der Waals surface area contributed by atoms with E-state index in [9.17, 15) is 9.59 Å². The van der Waals surface area contributed by atoms with Gasteiger partial charge in [0, 0.05) is 13.5 Å². The fraction of sp³-hybridized carbons (Fsp3) is 0.765. The second kappa shape index (κ2) is 36.7. The first-order valence-electron chi connectivity index (χ1n) is 7.83. The first-order valence-corrected chi connectivity index (χ1v) is 7.83. The highest BCUT2D eigenvalue weighted by Crippen LogP contribution is 1.85. The second-order valence-corrected chi connectivity index (χ2v) is 4.72. The standard InChI is InChI=1S/C4H10O2.C4H8O2.C3H6O3.C2H4O2.C2H6O.CH2O2.CH4/c2*1-3(5)4(2)6;1-2(4)3(5)6;1-2(3)4;1-2-3;2-1-3;/h3-6H,1-2H3;3,5H,1-2H3;2,4H,1H3,(H,5,6);1H3,(H,3,4);3H,2H2,1H3;1H,(H,2,3);1H4. The molecule has 0 aliphatic carbocycles. The summed E-state index contributed by atoms with van der Waals surface area (Å²) in [5.74, 6) is -2.20. The van der Waals surface area contributed by atoms with Gasteiger partial charge in [0.25, 0.3) is 12.4 Å². The van der Waals surface area contributed by atoms with Crippen molar-refractivity contribution in [3.63, 3.8) is 0 Å². The third kappa shape index (κ3) is 151. The molecule has 0 heterocycles. The zero-order chi connectivity index (χ0) is 24.5. The molecule has 0 fully saturated rings. The molecule has 0 amide bonds. The minimum absolute atomic E-state index is 0. The van der Waals surface area contributed by atoms with E-state index in [1.165, 1.54) is 20.8 Å². The molecular formula is C17H40O12. The number of ketones is 1. The van der Waals surface area contributed by atoms with Crippen LogP contribution in [0.2, 0.25) is 0 Å². The van der Waals surface area contributed by atoms with Crippen LogP contribution < -0.4 is 0 Å². The molecule has 0 rings (SSSR count). The summed E-state index contributed by atoms with van der Waals surface area (Å²) in [6.07, 6.45) is -3.20. The summed E-state index contributed by atoms with van der Waals surface area (Å²) < 4.78 is 0. The number of aliphatic carboxylic acids is 2. The molecule has 12 heteroatoms. The Morgan fingerprint density at radius 3 is 0.931 bits per heavy atom. The Hall–Kier alpha value is -2.12. The lowest BCUT2D eigenvalue weighted by Crippen LogP contribution is -2.17. The quantitative estimate of drug-likeness (QED) is 0.264. The monoisotopic (exact) mass is 436 g/mol. The van der Waals surface area contributed by atoms with Crippen molar-refractivity contribution in [2.75, 3.05) is 6.61 Å². The zero-order valence-electron chi connectivity index (χ0n) is 17.3. The highest BCUT2D eigenvalue weighted by Gasteiger charge is 2.01. The Labute approximate surface area is 172 Å². The number of aliphatic hydroxyl groups is 5. The van der Waals surface area contributed by atoms with Crippen molar-refractivity contribution in [3.8, 4) is 0 Å². The largest absolute Gasteiger partial charge is 0.483 e. The smallest absolute Gasteiger partial charge is 0.332 e. The third-order valence-corrected chi connectivity index (χ3v) is 1.64. The minimum atomic E-state index is -1.23. The number of hydrogen-bond donors (Lipinski definition) is 8. The van der Waals surface area contributed by atoms with E-state index in [-0.39, 0.29) is 26.3 Å². The summed E-state index contributed by atoms with van der Waals surface area (Å²) in [4.78, 5) is 36.7. The van der Waals surface area contributed by atoms with Gasteiger partial charge >= 0.3 is 5.97 Å². The van der Waals surface area contributed by atoms with Gasteiger partial charge < -0.3 is 40.9 Å². The van der Waals surface area contributed by atoms with Crippen LogP contribution >= 0.6 is 0 Å². The molecule has 0 aromatic rings. The van der Waals surface area contributed by atoms with Gasteiger partial charge in [-0.1, -0.05) is 7.43 Å². The van der Waals surface area contributed by atoms with Crippen molar-refractivity contribution >= 4 is 24.2 Å². The molecule has 0 spiro atoms. The summed E-state index contributed by atoms with van der Waals surface area (Å²) in [5, 5.41) is 62.7. The van der Waals surface area contributed by atoms with E-state index >= 15 is 0 Å². The van der Waals surface area contributed by atoms with Crippen LogP contribution in [0, 0.1) is 0 Å². The first kappa shape index (κ1) is 45.6. The van der Waals surface area contributed by atoms with Gasteiger partial charge in [0.05, 0.1) is 12.2 Å². The van der Waals surface area contributed by atoms with Crippen LogP contribution in [0.4, 0.5) is 0 Å². The number of carbonyl (C=O) groups excluding carboxylic acids is 1. The molecule has 0 aromatic heterocycles. The number of rotatable bonds is 3. The number of carboxylic acids is 2. The van der Waals surface area contributed by atoms with Gasteiger partial charge in [0.1, 0.15) is 12.2 Å². The van der Waals surface area contributed by atoms with E-state index in [4.69, 9.17) is 50.4 Å². The van der Waals surface area contributed by atoms with Gasteiger partial charge in [-0.25, -0.2) is 4.79 Å². The summed E-state index contributed by atoms with van der Waals surface area (Å²) in [7, 11) is 0. The molecule has 4 unspecified atom stereocenters. The van der Waals surface area contributed by atoms with Gasteiger partial charge in [0.2, 0.25) is 0 Å². The number of aliphatic hydroxyl groups excluding tert-OH is 5. The van der Waals surface area contributed by atoms with Crippen LogP contribution in [-0.4, -0.2) is 96.1 Å². The Bertz CT molecular complexity index is 324. The molecule has 0 radical (unpaired) electrons. The molecule has 0 bridgehead atoms. The van der Waals surface area contributed by atoms with E-state index in [0.29, 0.717) is 0 Å². The Morgan fingerprint density at radius 2 is 0.931 bits per heavy atom. The molecule has 180 valence electrons. The van der Waals surface area contributed by atoms with Crippen molar-refractivity contribution in [1.82, 2.24) is 0 Å². The summed E-state index contributed by atoms with van der Waals surface area (Å²) >= 11 is 0. The third-order valence-electron chi connectivity index (χ3n) is 1.64. The molecule has 29 heavy (non-hydrogen) atoms. The highest BCUT2D eigenvalue weighted by molar-refractivity contribution is 5.79. The van der Waals surface area contributed by atoms with E-state index in [1.54, 1.807) is 20.8 Å². The molecule has 0 saturated carbocycles. The van der Waals surface area contributed by atoms with Gasteiger partial charge in [-0.3, -0.25) is 14.4 Å². The average molecular weight is 436 g/mol. The fourth-order valence-corrected chi connectivity index (χ4v) is 0. The van der Waals surface area contributed by atoms with Crippen molar-refractivity contribution in [2.24, 2.45) is 0 Å². The molecule has 4 atom stereocenters. The number of carboxylic acid groups (broad SMARTS) is 3. The van der Waals surface area contributed by atoms with Crippen LogP contribution in [0.25, 0.3) is 0 Å². The zero-order valence-corrected chi connectivity index (χ0v) is 17.3. The summed E-state index contributed by atoms with van der Waals surface area (Å²) in [6.45, 7) is 9.85. The van der Waals surface area contributed by atoms with Crippen molar-refractivity contribution in [1.29, 1.82) is 0 Å². The van der Waals surface area contributed by atoms with Gasteiger partial charge in [-0.2, -0.15) is 0 Å². The fourth-order valence-electron chi connectivity index (χ4n) is 0. The Balaban J connectivity index is -0.0000000407. The minimum Gasteiger partial charge on any atom is -0.483 e. The molecule has 8 N–H and O–H groups in total. The van der Waals surface area contributed by atoms with Crippen molar-refractivity contribution < 1.29 is 60.0 Å². The topological polar surface area (TPSA) is 230 Å². The number of Topliss-reactive ketones (excluding diaryl/α,β-unsaturated/α-hetero) is 1. The van der Waals surface area contributed by atoms with Crippen molar-refractivity contribution in [2.45, 2.75) is 80.3 Å². The lowest BCUT2D eigenvalue weighted by molar-refractivity contribution is -0.145.